The van der Waals surface area contributed by atoms with Crippen molar-refractivity contribution in [1.29, 1.82) is 0 Å². The lowest BCUT2D eigenvalue weighted by molar-refractivity contribution is -0.148. The van der Waals surface area contributed by atoms with Crippen molar-refractivity contribution in [3.8, 4) is 5.75 Å². The highest BCUT2D eigenvalue weighted by molar-refractivity contribution is 6.35. The second-order valence-electron chi connectivity index (χ2n) is 10.2. The minimum Gasteiger partial charge on any atom is -0.482 e. The van der Waals surface area contributed by atoms with Crippen LogP contribution in [0, 0.1) is 23.4 Å². The van der Waals surface area contributed by atoms with Crippen LogP contribution >= 0.6 is 0 Å². The number of nitrogens with zero attached hydrogens (tertiary/aromatic N) is 1. The molecule has 0 aromatic heterocycles. The molecule has 1 heterocycles. The summed E-state index contributed by atoms with van der Waals surface area (Å²) >= 11 is 0. The Morgan fingerprint density at radius 2 is 1.80 bits per heavy atom. The first-order chi connectivity index (χ1) is 19.5. The van der Waals surface area contributed by atoms with Crippen molar-refractivity contribution in [2.75, 3.05) is 19.7 Å². The standard InChI is InChI=1S/C28H34F3N3O7/c1-2-3-10-18-19(29)12-20(30)24(31)25(18)41-15-22(35)21(13-23(36)37)33-26(38)16-7-6-11-34(14-16)28(40)27(39)32-17-8-4-5-9-17/h3,10,12,16-17,21H,2,4-9,11,13-15H2,1H3,(H,32,39)(H,33,38)(H,36,37)/b10-3+/t16-,21+/m1/s1. The number of ether oxygens (including phenoxy) is 1. The van der Waals surface area contributed by atoms with Crippen LogP contribution in [0.3, 0.4) is 0 Å². The first-order valence-corrected chi connectivity index (χ1v) is 13.6. The number of amides is 3. The normalized spacial score (nSPS) is 18.2. The molecule has 1 saturated carbocycles. The molecule has 0 radical (unpaired) electrons. The van der Waals surface area contributed by atoms with Gasteiger partial charge < -0.3 is 25.4 Å². The molecule has 2 fully saturated rings. The number of hydrogen-bond acceptors (Lipinski definition) is 6. The number of halogens is 3. The van der Waals surface area contributed by atoms with Crippen molar-refractivity contribution >= 4 is 35.6 Å². The van der Waals surface area contributed by atoms with E-state index in [9.17, 15) is 42.3 Å². The van der Waals surface area contributed by atoms with Crippen LogP contribution in [0.5, 0.6) is 5.75 Å². The summed E-state index contributed by atoms with van der Waals surface area (Å²) in [6, 6.07) is -1.33. The second kappa shape index (κ2) is 14.6. The van der Waals surface area contributed by atoms with Gasteiger partial charge in [0, 0.05) is 25.2 Å². The van der Waals surface area contributed by atoms with E-state index in [1.54, 1.807) is 6.92 Å². The number of Topliss-reactive ketones (excluding diaryl/α,β-unsaturated/α-hetero) is 1. The fourth-order valence-corrected chi connectivity index (χ4v) is 4.91. The topological polar surface area (TPSA) is 142 Å². The molecule has 0 bridgehead atoms. The van der Waals surface area contributed by atoms with Crippen LogP contribution in [-0.2, 0) is 24.0 Å². The maximum atomic E-state index is 14.4. The van der Waals surface area contributed by atoms with Gasteiger partial charge in [-0.15, -0.1) is 0 Å². The number of aliphatic carboxylic acids is 1. The van der Waals surface area contributed by atoms with E-state index in [0.717, 1.165) is 31.8 Å². The lowest BCUT2D eigenvalue weighted by Crippen LogP contribution is -2.53. The summed E-state index contributed by atoms with van der Waals surface area (Å²) in [5.41, 5.74) is -0.429. The highest BCUT2D eigenvalue weighted by Crippen LogP contribution is 2.29. The van der Waals surface area contributed by atoms with Crippen molar-refractivity contribution in [2.45, 2.75) is 70.4 Å². The Morgan fingerprint density at radius 3 is 2.46 bits per heavy atom. The van der Waals surface area contributed by atoms with Crippen LogP contribution in [-0.4, -0.2) is 71.3 Å². The second-order valence-corrected chi connectivity index (χ2v) is 10.2. The molecule has 0 spiro atoms. The molecular formula is C28H34F3N3O7. The fraction of sp³-hybridized carbons (Fsp3) is 0.536. The molecule has 41 heavy (non-hydrogen) atoms. The summed E-state index contributed by atoms with van der Waals surface area (Å²) in [5.74, 6) is -10.5. The Morgan fingerprint density at radius 1 is 1.10 bits per heavy atom. The molecule has 2 aliphatic rings. The van der Waals surface area contributed by atoms with E-state index >= 15 is 0 Å². The summed E-state index contributed by atoms with van der Waals surface area (Å²) in [5, 5.41) is 14.3. The molecule has 13 heteroatoms. The molecule has 1 aromatic rings. The van der Waals surface area contributed by atoms with Gasteiger partial charge in [-0.2, -0.15) is 4.39 Å². The van der Waals surface area contributed by atoms with Gasteiger partial charge in [-0.1, -0.05) is 31.9 Å². The van der Waals surface area contributed by atoms with E-state index in [-0.39, 0.29) is 19.1 Å². The Balaban J connectivity index is 1.65. The number of carboxylic acids is 1. The number of hydrogen-bond donors (Lipinski definition) is 3. The van der Waals surface area contributed by atoms with E-state index < -0.39 is 83.2 Å². The summed E-state index contributed by atoms with van der Waals surface area (Å²) in [6.07, 6.45) is 6.50. The zero-order valence-electron chi connectivity index (χ0n) is 22.7. The van der Waals surface area contributed by atoms with Gasteiger partial charge >= 0.3 is 17.8 Å². The SMILES string of the molecule is CC/C=C/c1c(F)cc(F)c(F)c1OCC(=O)[C@H](CC(=O)O)NC(=O)[C@@H]1CCCN(C(=O)C(=O)NC2CCCC2)C1. The predicted molar refractivity (Wildman–Crippen MR) is 140 cm³/mol. The molecule has 1 aliphatic heterocycles. The first-order valence-electron chi connectivity index (χ1n) is 13.6. The van der Waals surface area contributed by atoms with Crippen LogP contribution < -0.4 is 15.4 Å². The van der Waals surface area contributed by atoms with Gasteiger partial charge in [-0.05, 0) is 32.1 Å². The predicted octanol–water partition coefficient (Wildman–Crippen LogP) is 2.73. The third kappa shape index (κ3) is 8.54. The van der Waals surface area contributed by atoms with Gasteiger partial charge in [0.1, 0.15) is 18.5 Å². The van der Waals surface area contributed by atoms with Crippen molar-refractivity contribution in [2.24, 2.45) is 5.92 Å². The Hall–Kier alpha value is -3.90. The molecular weight excluding hydrogens is 547 g/mol. The third-order valence-corrected chi connectivity index (χ3v) is 7.09. The van der Waals surface area contributed by atoms with Gasteiger partial charge in [0.2, 0.25) is 11.7 Å². The number of carbonyl (C=O) groups excluding carboxylic acids is 4. The quantitative estimate of drug-likeness (QED) is 0.270. The van der Waals surface area contributed by atoms with Gasteiger partial charge in [-0.25, -0.2) is 8.78 Å². The van der Waals surface area contributed by atoms with Gasteiger partial charge in [0.25, 0.3) is 0 Å². The number of rotatable bonds is 11. The number of benzene rings is 1. The Kier molecular flexibility index (Phi) is 11.3. The summed E-state index contributed by atoms with van der Waals surface area (Å²) in [7, 11) is 0. The summed E-state index contributed by atoms with van der Waals surface area (Å²) in [4.78, 5) is 63.6. The van der Waals surface area contributed by atoms with E-state index in [4.69, 9.17) is 4.74 Å². The number of nitrogens with one attached hydrogen (secondary N) is 2. The molecule has 10 nitrogen and oxygen atoms in total. The molecule has 2 atom stereocenters. The number of ketones is 1. The number of carboxylic acid groups (broad SMARTS) is 1. The molecule has 0 unspecified atom stereocenters. The van der Waals surface area contributed by atoms with Gasteiger partial charge in [-0.3, -0.25) is 24.0 Å². The van der Waals surface area contributed by atoms with Crippen molar-refractivity contribution in [3.63, 3.8) is 0 Å². The van der Waals surface area contributed by atoms with Crippen molar-refractivity contribution in [1.82, 2.24) is 15.5 Å². The zero-order valence-corrected chi connectivity index (χ0v) is 22.7. The van der Waals surface area contributed by atoms with Crippen molar-refractivity contribution < 1.29 is 47.0 Å². The average molecular weight is 582 g/mol. The number of likely N-dealkylation sites (tertiary alicyclic amines) is 1. The van der Waals surface area contributed by atoms with Crippen molar-refractivity contribution in [3.05, 3.63) is 35.2 Å². The lowest BCUT2D eigenvalue weighted by atomic mass is 9.96. The van der Waals surface area contributed by atoms with E-state index in [1.165, 1.54) is 11.0 Å². The molecule has 1 aliphatic carbocycles. The van der Waals surface area contributed by atoms with E-state index in [1.807, 2.05) is 0 Å². The number of piperidine rings is 1. The minimum absolute atomic E-state index is 0.0589. The summed E-state index contributed by atoms with van der Waals surface area (Å²) in [6.45, 7) is 0.899. The minimum atomic E-state index is -1.60. The lowest BCUT2D eigenvalue weighted by Gasteiger charge is -2.32. The highest BCUT2D eigenvalue weighted by Gasteiger charge is 2.34. The van der Waals surface area contributed by atoms with Crippen LogP contribution in [0.1, 0.15) is 63.9 Å². The highest BCUT2D eigenvalue weighted by atomic mass is 19.2. The van der Waals surface area contributed by atoms with Crippen LogP contribution in [0.25, 0.3) is 6.08 Å². The van der Waals surface area contributed by atoms with E-state index in [0.29, 0.717) is 25.3 Å². The molecule has 1 aromatic carbocycles. The molecule has 3 N–H and O–H groups in total. The maximum Gasteiger partial charge on any atom is 0.311 e. The first kappa shape index (κ1) is 31.6. The van der Waals surface area contributed by atoms with Gasteiger partial charge in [0.15, 0.2) is 17.3 Å². The van der Waals surface area contributed by atoms with Crippen LogP contribution in [0.2, 0.25) is 0 Å². The number of allylic oxidation sites excluding steroid dienone is 1. The molecule has 1 saturated heterocycles. The zero-order chi connectivity index (χ0) is 30.1. The van der Waals surface area contributed by atoms with Crippen LogP contribution in [0.15, 0.2) is 12.1 Å². The molecule has 3 amide bonds. The number of carbonyl (C=O) groups is 5. The molecule has 224 valence electrons. The Bertz CT molecular complexity index is 1200. The average Bonchev–Trinajstić information content (AvgIpc) is 3.45. The molecule has 3 rings (SSSR count). The monoisotopic (exact) mass is 581 g/mol. The van der Waals surface area contributed by atoms with E-state index in [2.05, 4.69) is 10.6 Å². The third-order valence-electron chi connectivity index (χ3n) is 7.09. The smallest absolute Gasteiger partial charge is 0.311 e. The largest absolute Gasteiger partial charge is 0.482 e. The van der Waals surface area contributed by atoms with Gasteiger partial charge in [0.05, 0.1) is 17.9 Å². The maximum absolute atomic E-state index is 14.4. The fourth-order valence-electron chi connectivity index (χ4n) is 4.91. The summed E-state index contributed by atoms with van der Waals surface area (Å²) < 4.78 is 47.6. The Labute approximate surface area is 235 Å². The van der Waals surface area contributed by atoms with Crippen LogP contribution in [0.4, 0.5) is 13.2 Å².